The molecule has 0 atom stereocenters. The SMILES string of the molecule is CCn1cc(C2CCN(Cc3c(Cl)cccc3C(=O)O)CC2)cn1. The van der Waals surface area contributed by atoms with Gasteiger partial charge in [0, 0.05) is 24.3 Å². The van der Waals surface area contributed by atoms with Crippen LogP contribution in [0.15, 0.2) is 30.6 Å². The second-order valence-corrected chi connectivity index (χ2v) is 6.66. The number of carbonyl (C=O) groups is 1. The summed E-state index contributed by atoms with van der Waals surface area (Å²) >= 11 is 6.23. The summed E-state index contributed by atoms with van der Waals surface area (Å²) in [5.74, 6) is -0.388. The summed E-state index contributed by atoms with van der Waals surface area (Å²) in [6.45, 7) is 5.44. The molecule has 6 heteroatoms. The molecule has 1 aromatic carbocycles. The molecule has 1 aliphatic rings. The van der Waals surface area contributed by atoms with Gasteiger partial charge >= 0.3 is 5.97 Å². The highest BCUT2D eigenvalue weighted by Crippen LogP contribution is 2.30. The van der Waals surface area contributed by atoms with Crippen molar-refractivity contribution in [2.45, 2.75) is 38.8 Å². The Hall–Kier alpha value is -1.85. The number of piperidine rings is 1. The van der Waals surface area contributed by atoms with E-state index < -0.39 is 5.97 Å². The van der Waals surface area contributed by atoms with Crippen LogP contribution in [0.4, 0.5) is 0 Å². The van der Waals surface area contributed by atoms with Crippen molar-refractivity contribution in [1.29, 1.82) is 0 Å². The zero-order chi connectivity index (χ0) is 17.1. The largest absolute Gasteiger partial charge is 0.478 e. The van der Waals surface area contributed by atoms with Gasteiger partial charge in [-0.3, -0.25) is 9.58 Å². The van der Waals surface area contributed by atoms with Gasteiger partial charge in [0.05, 0.1) is 11.8 Å². The molecule has 2 aromatic rings. The minimum absolute atomic E-state index is 0.300. The van der Waals surface area contributed by atoms with Gasteiger partial charge in [0.2, 0.25) is 0 Å². The van der Waals surface area contributed by atoms with Crippen molar-refractivity contribution in [3.8, 4) is 0 Å². The van der Waals surface area contributed by atoms with Crippen molar-refractivity contribution in [1.82, 2.24) is 14.7 Å². The number of hydrogen-bond acceptors (Lipinski definition) is 3. The highest BCUT2D eigenvalue weighted by molar-refractivity contribution is 6.31. The minimum atomic E-state index is -0.922. The monoisotopic (exact) mass is 347 g/mol. The number of aryl methyl sites for hydroxylation is 1. The Balaban J connectivity index is 1.65. The number of hydrogen-bond donors (Lipinski definition) is 1. The predicted octanol–water partition coefficient (Wildman–Crippen LogP) is 3.63. The molecule has 24 heavy (non-hydrogen) atoms. The number of aromatic nitrogens is 2. The number of nitrogens with zero attached hydrogens (tertiary/aromatic N) is 3. The van der Waals surface area contributed by atoms with E-state index in [1.807, 2.05) is 10.9 Å². The molecule has 2 heterocycles. The van der Waals surface area contributed by atoms with Crippen LogP contribution < -0.4 is 0 Å². The quantitative estimate of drug-likeness (QED) is 0.897. The van der Waals surface area contributed by atoms with E-state index in [1.165, 1.54) is 5.56 Å². The fourth-order valence-electron chi connectivity index (χ4n) is 3.33. The average Bonchev–Trinajstić information content (AvgIpc) is 3.06. The second kappa shape index (κ2) is 7.36. The molecular formula is C18H22ClN3O2. The number of carboxylic acids is 1. The van der Waals surface area contributed by atoms with Crippen LogP contribution in [-0.2, 0) is 13.1 Å². The summed E-state index contributed by atoms with van der Waals surface area (Å²) in [5.41, 5.74) is 2.32. The topological polar surface area (TPSA) is 58.4 Å². The third-order valence-corrected chi connectivity index (χ3v) is 5.12. The zero-order valence-electron chi connectivity index (χ0n) is 13.8. The molecule has 0 unspecified atom stereocenters. The molecule has 5 nitrogen and oxygen atoms in total. The van der Waals surface area contributed by atoms with E-state index in [0.717, 1.165) is 32.5 Å². The van der Waals surface area contributed by atoms with Crippen molar-refractivity contribution < 1.29 is 9.90 Å². The summed E-state index contributed by atoms with van der Waals surface area (Å²) in [4.78, 5) is 13.7. The van der Waals surface area contributed by atoms with Crippen molar-refractivity contribution >= 4 is 17.6 Å². The van der Waals surface area contributed by atoms with Gasteiger partial charge in [0.1, 0.15) is 0 Å². The molecule has 1 aromatic heterocycles. The van der Waals surface area contributed by atoms with E-state index in [-0.39, 0.29) is 0 Å². The standard InChI is InChI=1S/C18H22ClN3O2/c1-2-22-11-14(10-20-22)13-6-8-21(9-7-13)12-16-15(18(23)24)4-3-5-17(16)19/h3-5,10-11,13H,2,6-9,12H2,1H3,(H,23,24). The van der Waals surface area contributed by atoms with Crippen LogP contribution in [0, 0.1) is 0 Å². The number of rotatable bonds is 5. The van der Waals surface area contributed by atoms with E-state index >= 15 is 0 Å². The van der Waals surface area contributed by atoms with E-state index in [0.29, 0.717) is 28.6 Å². The van der Waals surface area contributed by atoms with Crippen LogP contribution in [-0.4, -0.2) is 38.8 Å². The Morgan fingerprint density at radius 2 is 2.12 bits per heavy atom. The van der Waals surface area contributed by atoms with Crippen molar-refractivity contribution in [2.24, 2.45) is 0 Å². The summed E-state index contributed by atoms with van der Waals surface area (Å²) in [6, 6.07) is 5.07. The molecule has 0 spiro atoms. The van der Waals surface area contributed by atoms with Gasteiger partial charge in [-0.15, -0.1) is 0 Å². The molecule has 128 valence electrons. The van der Waals surface area contributed by atoms with E-state index in [1.54, 1.807) is 18.2 Å². The molecule has 0 saturated carbocycles. The average molecular weight is 348 g/mol. The van der Waals surface area contributed by atoms with Crippen LogP contribution in [0.3, 0.4) is 0 Å². The first kappa shape index (κ1) is 17.0. The van der Waals surface area contributed by atoms with Crippen LogP contribution in [0.25, 0.3) is 0 Å². The van der Waals surface area contributed by atoms with Crippen LogP contribution >= 0.6 is 11.6 Å². The third-order valence-electron chi connectivity index (χ3n) is 4.77. The number of likely N-dealkylation sites (tertiary alicyclic amines) is 1. The molecule has 1 N–H and O–H groups in total. The van der Waals surface area contributed by atoms with Gasteiger partial charge in [-0.25, -0.2) is 4.79 Å². The van der Waals surface area contributed by atoms with E-state index in [2.05, 4.69) is 23.1 Å². The number of benzene rings is 1. The third kappa shape index (κ3) is 3.62. The lowest BCUT2D eigenvalue weighted by molar-refractivity contribution is 0.0694. The van der Waals surface area contributed by atoms with Crippen LogP contribution in [0.1, 0.15) is 47.2 Å². The van der Waals surface area contributed by atoms with Crippen molar-refractivity contribution in [3.05, 3.63) is 52.3 Å². The summed E-state index contributed by atoms with van der Waals surface area (Å²) in [6.07, 6.45) is 6.22. The predicted molar refractivity (Wildman–Crippen MR) is 93.6 cm³/mol. The number of halogens is 1. The number of aromatic carboxylic acids is 1. The molecule has 1 saturated heterocycles. The van der Waals surface area contributed by atoms with E-state index in [9.17, 15) is 9.90 Å². The van der Waals surface area contributed by atoms with Gasteiger partial charge in [-0.1, -0.05) is 17.7 Å². The maximum Gasteiger partial charge on any atom is 0.336 e. The van der Waals surface area contributed by atoms with E-state index in [4.69, 9.17) is 11.6 Å². The summed E-state index contributed by atoms with van der Waals surface area (Å²) < 4.78 is 1.96. The summed E-state index contributed by atoms with van der Waals surface area (Å²) in [5, 5.41) is 14.2. The fraction of sp³-hybridized carbons (Fsp3) is 0.444. The molecule has 0 bridgehead atoms. The fourth-order valence-corrected chi connectivity index (χ4v) is 3.57. The number of carboxylic acid groups (broad SMARTS) is 1. The lowest BCUT2D eigenvalue weighted by atomic mass is 9.91. The van der Waals surface area contributed by atoms with Gasteiger partial charge in [-0.2, -0.15) is 5.10 Å². The van der Waals surface area contributed by atoms with Crippen molar-refractivity contribution in [2.75, 3.05) is 13.1 Å². The Kier molecular flexibility index (Phi) is 5.21. The van der Waals surface area contributed by atoms with Crippen molar-refractivity contribution in [3.63, 3.8) is 0 Å². The van der Waals surface area contributed by atoms with Gasteiger partial charge in [-0.05, 0) is 62.0 Å². The normalized spacial score (nSPS) is 16.4. The lowest BCUT2D eigenvalue weighted by Gasteiger charge is -2.32. The first-order valence-corrected chi connectivity index (χ1v) is 8.71. The molecule has 0 aliphatic carbocycles. The van der Waals surface area contributed by atoms with Gasteiger partial charge in [0.25, 0.3) is 0 Å². The molecule has 3 rings (SSSR count). The zero-order valence-corrected chi connectivity index (χ0v) is 14.5. The lowest BCUT2D eigenvalue weighted by Crippen LogP contribution is -2.33. The smallest absolute Gasteiger partial charge is 0.336 e. The first-order valence-electron chi connectivity index (χ1n) is 8.34. The highest BCUT2D eigenvalue weighted by Gasteiger charge is 2.23. The van der Waals surface area contributed by atoms with Crippen LogP contribution in [0.5, 0.6) is 0 Å². The first-order chi connectivity index (χ1) is 11.6. The Morgan fingerprint density at radius 3 is 2.75 bits per heavy atom. The molecule has 1 fully saturated rings. The maximum absolute atomic E-state index is 11.4. The highest BCUT2D eigenvalue weighted by atomic mass is 35.5. The Bertz CT molecular complexity index is 721. The van der Waals surface area contributed by atoms with Gasteiger partial charge < -0.3 is 5.11 Å². The second-order valence-electron chi connectivity index (χ2n) is 6.25. The molecule has 0 amide bonds. The Labute approximate surface area is 146 Å². The molecular weight excluding hydrogens is 326 g/mol. The van der Waals surface area contributed by atoms with Gasteiger partial charge in [0.15, 0.2) is 0 Å². The maximum atomic E-state index is 11.4. The minimum Gasteiger partial charge on any atom is -0.478 e. The molecule has 1 aliphatic heterocycles. The van der Waals surface area contributed by atoms with Crippen LogP contribution in [0.2, 0.25) is 5.02 Å². The molecule has 0 radical (unpaired) electrons. The Morgan fingerprint density at radius 1 is 1.38 bits per heavy atom. The summed E-state index contributed by atoms with van der Waals surface area (Å²) in [7, 11) is 0.